The van der Waals surface area contributed by atoms with Crippen molar-refractivity contribution >= 4 is 0 Å². The smallest absolute Gasteiger partial charge is 0.0541 e. The normalized spacial score (nSPS) is 36.7. The summed E-state index contributed by atoms with van der Waals surface area (Å²) in [5.41, 5.74) is 0. The molecule has 100 valence electrons. The molecule has 1 heterocycles. The Morgan fingerprint density at radius 2 is 1.71 bits per heavy atom. The molecule has 1 saturated heterocycles. The van der Waals surface area contributed by atoms with Gasteiger partial charge in [0.05, 0.1) is 6.10 Å². The number of likely N-dealkylation sites (tertiary alicyclic amines) is 1. The quantitative estimate of drug-likeness (QED) is 0.789. The summed E-state index contributed by atoms with van der Waals surface area (Å²) in [5, 5.41) is 13.3. The average molecular weight is 240 g/mol. The van der Waals surface area contributed by atoms with Crippen LogP contribution in [0.5, 0.6) is 0 Å². The number of nitrogens with zero attached hydrogens (tertiary/aromatic N) is 1. The van der Waals surface area contributed by atoms with Gasteiger partial charge in [0, 0.05) is 12.1 Å². The second-order valence-electron chi connectivity index (χ2n) is 5.73. The summed E-state index contributed by atoms with van der Waals surface area (Å²) in [6, 6.07) is 1.38. The first-order valence-electron chi connectivity index (χ1n) is 7.44. The van der Waals surface area contributed by atoms with Crippen LogP contribution < -0.4 is 5.32 Å². The Balaban J connectivity index is 1.71. The van der Waals surface area contributed by atoms with Crippen molar-refractivity contribution < 1.29 is 5.11 Å². The van der Waals surface area contributed by atoms with Crippen molar-refractivity contribution in [2.45, 2.75) is 70.1 Å². The Bertz CT molecular complexity index is 214. The monoisotopic (exact) mass is 240 g/mol. The highest BCUT2D eigenvalue weighted by Gasteiger charge is 2.23. The maximum absolute atomic E-state index is 9.51. The largest absolute Gasteiger partial charge is 0.393 e. The van der Waals surface area contributed by atoms with Crippen LogP contribution >= 0.6 is 0 Å². The Kier molecular flexibility index (Phi) is 5.26. The molecule has 1 aliphatic heterocycles. The van der Waals surface area contributed by atoms with Gasteiger partial charge in [0.2, 0.25) is 0 Å². The fourth-order valence-electron chi connectivity index (χ4n) is 3.21. The fourth-order valence-corrected chi connectivity index (χ4v) is 3.21. The molecule has 1 atom stereocenters. The molecule has 2 aliphatic rings. The van der Waals surface area contributed by atoms with E-state index in [4.69, 9.17) is 0 Å². The zero-order valence-corrected chi connectivity index (χ0v) is 11.2. The lowest BCUT2D eigenvalue weighted by Gasteiger charge is -2.30. The van der Waals surface area contributed by atoms with Gasteiger partial charge in [-0.1, -0.05) is 6.92 Å². The van der Waals surface area contributed by atoms with Crippen LogP contribution in [0.25, 0.3) is 0 Å². The highest BCUT2D eigenvalue weighted by Crippen LogP contribution is 2.20. The lowest BCUT2D eigenvalue weighted by Crippen LogP contribution is -2.41. The van der Waals surface area contributed by atoms with Crippen LogP contribution in [-0.2, 0) is 0 Å². The maximum Gasteiger partial charge on any atom is 0.0541 e. The highest BCUT2D eigenvalue weighted by molar-refractivity contribution is 4.82. The SMILES string of the molecule is CCN1CCCC(NC2CCC(O)CC2)CC1. The van der Waals surface area contributed by atoms with E-state index in [2.05, 4.69) is 17.1 Å². The third-order valence-electron chi connectivity index (χ3n) is 4.44. The number of aliphatic hydroxyl groups is 1. The standard InChI is InChI=1S/C14H28N2O/c1-2-16-10-3-4-12(9-11-16)15-13-5-7-14(17)8-6-13/h12-15,17H,2-11H2,1H3. The molecule has 2 fully saturated rings. The molecule has 3 heteroatoms. The van der Waals surface area contributed by atoms with Gasteiger partial charge in [-0.3, -0.25) is 0 Å². The van der Waals surface area contributed by atoms with E-state index in [1.165, 1.54) is 38.9 Å². The minimum atomic E-state index is -0.0298. The summed E-state index contributed by atoms with van der Waals surface area (Å²) in [4.78, 5) is 2.56. The van der Waals surface area contributed by atoms with Crippen molar-refractivity contribution in [3.63, 3.8) is 0 Å². The number of nitrogens with one attached hydrogen (secondary N) is 1. The van der Waals surface area contributed by atoms with Crippen LogP contribution in [0.2, 0.25) is 0 Å². The van der Waals surface area contributed by atoms with Gasteiger partial charge in [-0.25, -0.2) is 0 Å². The van der Waals surface area contributed by atoms with Gasteiger partial charge in [-0.15, -0.1) is 0 Å². The average Bonchev–Trinajstić information content (AvgIpc) is 2.57. The third-order valence-corrected chi connectivity index (χ3v) is 4.44. The molecule has 2 N–H and O–H groups in total. The predicted molar refractivity (Wildman–Crippen MR) is 71.2 cm³/mol. The summed E-state index contributed by atoms with van der Waals surface area (Å²) >= 11 is 0. The van der Waals surface area contributed by atoms with Crippen molar-refractivity contribution in [3.05, 3.63) is 0 Å². The molecule has 1 aliphatic carbocycles. The van der Waals surface area contributed by atoms with E-state index in [0.717, 1.165) is 25.7 Å². The first-order valence-corrected chi connectivity index (χ1v) is 7.44. The number of rotatable bonds is 3. The van der Waals surface area contributed by atoms with E-state index in [1.807, 2.05) is 0 Å². The third kappa shape index (κ3) is 4.23. The minimum Gasteiger partial charge on any atom is -0.393 e. The molecule has 0 aromatic heterocycles. The van der Waals surface area contributed by atoms with E-state index < -0.39 is 0 Å². The van der Waals surface area contributed by atoms with Crippen LogP contribution in [0.15, 0.2) is 0 Å². The number of aliphatic hydroxyl groups excluding tert-OH is 1. The van der Waals surface area contributed by atoms with Crippen molar-refractivity contribution in [2.24, 2.45) is 0 Å². The van der Waals surface area contributed by atoms with E-state index in [1.54, 1.807) is 0 Å². The van der Waals surface area contributed by atoms with Gasteiger partial charge in [0.25, 0.3) is 0 Å². The zero-order valence-electron chi connectivity index (χ0n) is 11.2. The van der Waals surface area contributed by atoms with Gasteiger partial charge in [0.15, 0.2) is 0 Å². The second kappa shape index (κ2) is 6.72. The summed E-state index contributed by atoms with van der Waals surface area (Å²) in [5.74, 6) is 0. The first-order chi connectivity index (χ1) is 8.28. The van der Waals surface area contributed by atoms with Crippen LogP contribution in [0.4, 0.5) is 0 Å². The van der Waals surface area contributed by atoms with Gasteiger partial charge < -0.3 is 15.3 Å². The molecule has 0 radical (unpaired) electrons. The molecular formula is C14H28N2O. The molecule has 17 heavy (non-hydrogen) atoms. The summed E-state index contributed by atoms with van der Waals surface area (Å²) < 4.78 is 0. The van der Waals surface area contributed by atoms with E-state index >= 15 is 0 Å². The Labute approximate surface area is 106 Å². The zero-order chi connectivity index (χ0) is 12.1. The van der Waals surface area contributed by atoms with Gasteiger partial charge in [-0.2, -0.15) is 0 Å². The highest BCUT2D eigenvalue weighted by atomic mass is 16.3. The summed E-state index contributed by atoms with van der Waals surface area (Å²) in [6.45, 7) is 5.99. The van der Waals surface area contributed by atoms with E-state index in [0.29, 0.717) is 12.1 Å². The Morgan fingerprint density at radius 1 is 1.00 bits per heavy atom. The lowest BCUT2D eigenvalue weighted by molar-refractivity contribution is 0.113. The van der Waals surface area contributed by atoms with Crippen molar-refractivity contribution in [2.75, 3.05) is 19.6 Å². The fraction of sp³-hybridized carbons (Fsp3) is 1.00. The topological polar surface area (TPSA) is 35.5 Å². The molecule has 0 aromatic rings. The molecule has 2 rings (SSSR count). The molecule has 1 saturated carbocycles. The number of hydrogen-bond donors (Lipinski definition) is 2. The molecule has 3 nitrogen and oxygen atoms in total. The first kappa shape index (κ1) is 13.3. The maximum atomic E-state index is 9.51. The molecule has 0 bridgehead atoms. The molecule has 1 unspecified atom stereocenters. The second-order valence-corrected chi connectivity index (χ2v) is 5.73. The number of hydrogen-bond acceptors (Lipinski definition) is 3. The molecule has 0 spiro atoms. The van der Waals surface area contributed by atoms with Crippen molar-refractivity contribution in [1.29, 1.82) is 0 Å². The summed E-state index contributed by atoms with van der Waals surface area (Å²) in [6.07, 6.45) is 8.24. The van der Waals surface area contributed by atoms with Gasteiger partial charge >= 0.3 is 0 Å². The van der Waals surface area contributed by atoms with Crippen molar-refractivity contribution in [3.8, 4) is 0 Å². The van der Waals surface area contributed by atoms with Crippen LogP contribution in [0.1, 0.15) is 51.9 Å². The molecule has 0 amide bonds. The van der Waals surface area contributed by atoms with Crippen molar-refractivity contribution in [1.82, 2.24) is 10.2 Å². The van der Waals surface area contributed by atoms with Crippen LogP contribution in [-0.4, -0.2) is 47.8 Å². The molecular weight excluding hydrogens is 212 g/mol. The van der Waals surface area contributed by atoms with Gasteiger partial charge in [-0.05, 0) is 64.6 Å². The van der Waals surface area contributed by atoms with Crippen LogP contribution in [0, 0.1) is 0 Å². The minimum absolute atomic E-state index is 0.0298. The van der Waals surface area contributed by atoms with Gasteiger partial charge in [0.1, 0.15) is 0 Å². The lowest BCUT2D eigenvalue weighted by atomic mass is 9.92. The Morgan fingerprint density at radius 3 is 2.41 bits per heavy atom. The molecule has 0 aromatic carbocycles. The summed E-state index contributed by atoms with van der Waals surface area (Å²) in [7, 11) is 0. The van der Waals surface area contributed by atoms with E-state index in [9.17, 15) is 5.11 Å². The van der Waals surface area contributed by atoms with E-state index in [-0.39, 0.29) is 6.10 Å². The van der Waals surface area contributed by atoms with Crippen LogP contribution in [0.3, 0.4) is 0 Å². The Hall–Kier alpha value is -0.120. The predicted octanol–water partition coefficient (Wildman–Crippen LogP) is 1.75.